The summed E-state index contributed by atoms with van der Waals surface area (Å²) < 4.78 is 5.81. The van der Waals surface area contributed by atoms with E-state index >= 15 is 0 Å². The lowest BCUT2D eigenvalue weighted by Gasteiger charge is -2.13. The minimum atomic E-state index is -0.00877. The lowest BCUT2D eigenvalue weighted by Crippen LogP contribution is -2.12. The minimum absolute atomic E-state index is 0.00877. The number of nitrogens with zero attached hydrogens (tertiary/aromatic N) is 1. The Balaban J connectivity index is 1.97. The summed E-state index contributed by atoms with van der Waals surface area (Å²) in [5.41, 5.74) is 6.63. The van der Waals surface area contributed by atoms with E-state index in [1.165, 1.54) is 25.7 Å². The first-order valence-corrected chi connectivity index (χ1v) is 5.64. The molecule has 1 saturated carbocycles. The summed E-state index contributed by atoms with van der Waals surface area (Å²) >= 11 is 0. The molecule has 82 valence electrons. The van der Waals surface area contributed by atoms with Gasteiger partial charge in [0.05, 0.1) is 18.0 Å². The van der Waals surface area contributed by atoms with E-state index < -0.39 is 0 Å². The Bertz CT molecular complexity index is 302. The van der Waals surface area contributed by atoms with Crippen molar-refractivity contribution in [2.45, 2.75) is 44.8 Å². The van der Waals surface area contributed by atoms with Crippen LogP contribution in [0.2, 0.25) is 0 Å². The third-order valence-electron chi connectivity index (χ3n) is 2.83. The van der Waals surface area contributed by atoms with Gasteiger partial charge in [0.15, 0.2) is 0 Å². The maximum absolute atomic E-state index is 5.81. The van der Waals surface area contributed by atoms with E-state index in [0.717, 1.165) is 11.4 Å². The van der Waals surface area contributed by atoms with Gasteiger partial charge in [0, 0.05) is 6.04 Å². The Morgan fingerprint density at radius 2 is 2.13 bits per heavy atom. The van der Waals surface area contributed by atoms with Crippen LogP contribution in [0.3, 0.4) is 0 Å². The van der Waals surface area contributed by atoms with Crippen LogP contribution in [0.4, 0.5) is 0 Å². The number of nitrogens with two attached hydrogens (primary N) is 1. The number of hydrogen-bond donors (Lipinski definition) is 1. The van der Waals surface area contributed by atoms with Crippen molar-refractivity contribution in [3.63, 3.8) is 0 Å². The van der Waals surface area contributed by atoms with Crippen LogP contribution < -0.4 is 10.5 Å². The molecule has 2 rings (SSSR count). The first kappa shape index (κ1) is 10.4. The van der Waals surface area contributed by atoms with Gasteiger partial charge in [0.2, 0.25) is 0 Å². The van der Waals surface area contributed by atoms with Gasteiger partial charge in [-0.2, -0.15) is 0 Å². The summed E-state index contributed by atoms with van der Waals surface area (Å²) in [5.74, 6) is 0.867. The molecular weight excluding hydrogens is 188 g/mol. The molecule has 0 spiro atoms. The fourth-order valence-electron chi connectivity index (χ4n) is 1.93. The van der Waals surface area contributed by atoms with E-state index in [9.17, 15) is 0 Å². The average Bonchev–Trinajstić information content (AvgIpc) is 2.71. The highest BCUT2D eigenvalue weighted by Crippen LogP contribution is 2.23. The van der Waals surface area contributed by atoms with Crippen LogP contribution in [-0.4, -0.2) is 11.1 Å². The van der Waals surface area contributed by atoms with Gasteiger partial charge in [-0.3, -0.25) is 4.98 Å². The fraction of sp³-hybridized carbons (Fsp3) is 0.583. The average molecular weight is 206 g/mol. The van der Waals surface area contributed by atoms with E-state index in [1.807, 2.05) is 19.1 Å². The highest BCUT2D eigenvalue weighted by Gasteiger charge is 2.16. The van der Waals surface area contributed by atoms with Crippen molar-refractivity contribution < 1.29 is 4.74 Å². The molecule has 1 aromatic heterocycles. The quantitative estimate of drug-likeness (QED) is 0.826. The molecule has 1 aliphatic carbocycles. The molecule has 1 heterocycles. The molecule has 15 heavy (non-hydrogen) atoms. The summed E-state index contributed by atoms with van der Waals surface area (Å²) in [4.78, 5) is 4.27. The van der Waals surface area contributed by atoms with Gasteiger partial charge in [0.25, 0.3) is 0 Å². The number of pyridine rings is 1. The second-order valence-corrected chi connectivity index (χ2v) is 4.23. The SMILES string of the molecule is C[C@H](N)c1ccc(OC2CCCC2)cn1. The Kier molecular flexibility index (Phi) is 3.21. The number of ether oxygens (including phenoxy) is 1. The second-order valence-electron chi connectivity index (χ2n) is 4.23. The summed E-state index contributed by atoms with van der Waals surface area (Å²) in [6, 6.07) is 3.89. The third-order valence-corrected chi connectivity index (χ3v) is 2.83. The molecule has 0 radical (unpaired) electrons. The number of rotatable bonds is 3. The molecule has 0 aromatic carbocycles. The fourth-order valence-corrected chi connectivity index (χ4v) is 1.93. The van der Waals surface area contributed by atoms with Gasteiger partial charge in [0.1, 0.15) is 5.75 Å². The topological polar surface area (TPSA) is 48.1 Å². The molecule has 3 heteroatoms. The van der Waals surface area contributed by atoms with Crippen molar-refractivity contribution in [1.29, 1.82) is 0 Å². The molecule has 1 atom stereocenters. The maximum Gasteiger partial charge on any atom is 0.138 e. The molecule has 0 unspecified atom stereocenters. The Morgan fingerprint density at radius 1 is 1.40 bits per heavy atom. The van der Waals surface area contributed by atoms with Gasteiger partial charge in [-0.05, 0) is 44.7 Å². The van der Waals surface area contributed by atoms with E-state index in [4.69, 9.17) is 10.5 Å². The molecule has 2 N–H and O–H groups in total. The van der Waals surface area contributed by atoms with Gasteiger partial charge in [-0.1, -0.05) is 0 Å². The zero-order valence-corrected chi connectivity index (χ0v) is 9.15. The van der Waals surface area contributed by atoms with Crippen LogP contribution in [0.15, 0.2) is 18.3 Å². The smallest absolute Gasteiger partial charge is 0.138 e. The van der Waals surface area contributed by atoms with Crippen molar-refractivity contribution in [2.24, 2.45) is 5.73 Å². The molecular formula is C12H18N2O. The number of hydrogen-bond acceptors (Lipinski definition) is 3. The Hall–Kier alpha value is -1.09. The van der Waals surface area contributed by atoms with Crippen LogP contribution >= 0.6 is 0 Å². The minimum Gasteiger partial charge on any atom is -0.489 e. The summed E-state index contributed by atoms with van der Waals surface area (Å²) in [7, 11) is 0. The lowest BCUT2D eigenvalue weighted by molar-refractivity contribution is 0.209. The third kappa shape index (κ3) is 2.69. The second kappa shape index (κ2) is 4.62. The van der Waals surface area contributed by atoms with Gasteiger partial charge < -0.3 is 10.5 Å². The highest BCUT2D eigenvalue weighted by atomic mass is 16.5. The molecule has 1 fully saturated rings. The van der Waals surface area contributed by atoms with Crippen molar-refractivity contribution in [2.75, 3.05) is 0 Å². The molecule has 0 saturated heterocycles. The van der Waals surface area contributed by atoms with E-state index in [-0.39, 0.29) is 6.04 Å². The predicted molar refractivity (Wildman–Crippen MR) is 59.7 cm³/mol. The van der Waals surface area contributed by atoms with E-state index in [2.05, 4.69) is 4.98 Å². The zero-order chi connectivity index (χ0) is 10.7. The molecule has 1 aromatic rings. The molecule has 0 bridgehead atoms. The summed E-state index contributed by atoms with van der Waals surface area (Å²) in [6.07, 6.45) is 7.10. The van der Waals surface area contributed by atoms with Crippen molar-refractivity contribution >= 4 is 0 Å². The molecule has 0 amide bonds. The van der Waals surface area contributed by atoms with Gasteiger partial charge in [-0.25, -0.2) is 0 Å². The Morgan fingerprint density at radius 3 is 2.67 bits per heavy atom. The van der Waals surface area contributed by atoms with Crippen LogP contribution in [0.25, 0.3) is 0 Å². The maximum atomic E-state index is 5.81. The first-order chi connectivity index (χ1) is 7.25. The Labute approximate surface area is 90.7 Å². The molecule has 0 aliphatic heterocycles. The first-order valence-electron chi connectivity index (χ1n) is 5.64. The lowest BCUT2D eigenvalue weighted by atomic mass is 10.2. The molecule has 1 aliphatic rings. The highest BCUT2D eigenvalue weighted by molar-refractivity contribution is 5.21. The predicted octanol–water partition coefficient (Wildman–Crippen LogP) is 2.42. The normalized spacial score (nSPS) is 19.1. The summed E-state index contributed by atoms with van der Waals surface area (Å²) in [5, 5.41) is 0. The van der Waals surface area contributed by atoms with Crippen molar-refractivity contribution in [1.82, 2.24) is 4.98 Å². The summed E-state index contributed by atoms with van der Waals surface area (Å²) in [6.45, 7) is 1.93. The van der Waals surface area contributed by atoms with Crippen LogP contribution in [-0.2, 0) is 0 Å². The van der Waals surface area contributed by atoms with Crippen molar-refractivity contribution in [3.8, 4) is 5.75 Å². The van der Waals surface area contributed by atoms with Crippen LogP contribution in [0.5, 0.6) is 5.75 Å². The monoisotopic (exact) mass is 206 g/mol. The van der Waals surface area contributed by atoms with Gasteiger partial charge in [-0.15, -0.1) is 0 Å². The van der Waals surface area contributed by atoms with Crippen LogP contribution in [0, 0.1) is 0 Å². The van der Waals surface area contributed by atoms with Gasteiger partial charge >= 0.3 is 0 Å². The van der Waals surface area contributed by atoms with Crippen molar-refractivity contribution in [3.05, 3.63) is 24.0 Å². The largest absolute Gasteiger partial charge is 0.489 e. The van der Waals surface area contributed by atoms with E-state index in [1.54, 1.807) is 6.20 Å². The van der Waals surface area contributed by atoms with Crippen LogP contribution in [0.1, 0.15) is 44.3 Å². The zero-order valence-electron chi connectivity index (χ0n) is 9.15. The van der Waals surface area contributed by atoms with E-state index in [0.29, 0.717) is 6.10 Å². The standard InChI is InChI=1S/C12H18N2O/c1-9(13)12-7-6-11(8-14-12)15-10-4-2-3-5-10/h6-10H,2-5,13H2,1H3/t9-/m0/s1. The number of aromatic nitrogens is 1. The molecule has 3 nitrogen and oxygen atoms in total.